The van der Waals surface area contributed by atoms with Crippen LogP contribution in [0.1, 0.15) is 57.3 Å². The summed E-state index contributed by atoms with van der Waals surface area (Å²) in [5.41, 5.74) is 0.417. The first-order valence-electron chi connectivity index (χ1n) is 10.9. The van der Waals surface area contributed by atoms with Crippen molar-refractivity contribution in [1.82, 2.24) is 9.80 Å². The number of ether oxygens (including phenoxy) is 2. The van der Waals surface area contributed by atoms with Gasteiger partial charge < -0.3 is 14.4 Å². The fourth-order valence-electron chi connectivity index (χ4n) is 4.27. The van der Waals surface area contributed by atoms with E-state index in [0.717, 1.165) is 38.9 Å². The summed E-state index contributed by atoms with van der Waals surface area (Å²) in [5, 5.41) is 0.470. The molecule has 2 fully saturated rings. The summed E-state index contributed by atoms with van der Waals surface area (Å²) in [6.07, 6.45) is 2.94. The molecule has 164 valence electrons. The Hall–Kier alpha value is -1.74. The molecular formula is C24H33ClN2O3. The van der Waals surface area contributed by atoms with Crippen LogP contribution in [-0.2, 0) is 4.74 Å². The Bertz CT molecular complexity index is 806. The second-order valence-corrected chi connectivity index (χ2v) is 8.94. The smallest absolute Gasteiger partial charge is 0.253 e. The Labute approximate surface area is 185 Å². The molecule has 6 heteroatoms. The van der Waals surface area contributed by atoms with Crippen LogP contribution in [0.3, 0.4) is 0 Å². The minimum absolute atomic E-state index is 0.0133. The molecule has 2 heterocycles. The van der Waals surface area contributed by atoms with E-state index in [4.69, 9.17) is 21.1 Å². The molecule has 0 N–H and O–H groups in total. The maximum absolute atomic E-state index is 13.0. The molecule has 0 aromatic heterocycles. The number of nitrogens with zero attached hydrogens (tertiary/aromatic N) is 2. The molecule has 1 aromatic rings. The summed E-state index contributed by atoms with van der Waals surface area (Å²) < 4.78 is 12.2. The number of piperidine rings is 1. The average Bonchev–Trinajstić information content (AvgIpc) is 2.73. The van der Waals surface area contributed by atoms with Crippen LogP contribution >= 0.6 is 11.6 Å². The van der Waals surface area contributed by atoms with Crippen LogP contribution in [-0.4, -0.2) is 66.2 Å². The summed E-state index contributed by atoms with van der Waals surface area (Å²) >= 11 is 6.33. The Kier molecular flexibility index (Phi) is 7.68. The maximum Gasteiger partial charge on any atom is 0.253 e. The van der Waals surface area contributed by atoms with Gasteiger partial charge in [0.15, 0.2) is 0 Å². The van der Waals surface area contributed by atoms with Crippen LogP contribution in [0, 0.1) is 11.8 Å². The second-order valence-electron chi connectivity index (χ2n) is 8.53. The molecular weight excluding hydrogens is 400 g/mol. The highest BCUT2D eigenvalue weighted by atomic mass is 35.5. The predicted octanol–water partition coefficient (Wildman–Crippen LogP) is 4.24. The van der Waals surface area contributed by atoms with Gasteiger partial charge in [-0.2, -0.15) is 0 Å². The van der Waals surface area contributed by atoms with E-state index in [9.17, 15) is 4.79 Å². The zero-order valence-corrected chi connectivity index (χ0v) is 19.3. The number of halogens is 1. The molecule has 1 spiro atoms. The summed E-state index contributed by atoms with van der Waals surface area (Å²) in [6, 6.07) is 5.29. The lowest BCUT2D eigenvalue weighted by molar-refractivity contribution is -0.171. The molecule has 2 saturated heterocycles. The number of rotatable bonds is 5. The maximum atomic E-state index is 13.0. The lowest BCUT2D eigenvalue weighted by atomic mass is 9.88. The number of hydrogen-bond acceptors (Lipinski definition) is 4. The number of amides is 1. The van der Waals surface area contributed by atoms with Gasteiger partial charge in [0, 0.05) is 31.7 Å². The van der Waals surface area contributed by atoms with Crippen LogP contribution in [0.15, 0.2) is 18.2 Å². The molecule has 0 saturated carbocycles. The topological polar surface area (TPSA) is 42.0 Å². The summed E-state index contributed by atoms with van der Waals surface area (Å²) in [4.78, 5) is 17.4. The quantitative estimate of drug-likeness (QED) is 0.653. The van der Waals surface area contributed by atoms with Crippen LogP contribution < -0.4 is 4.74 Å². The Morgan fingerprint density at radius 3 is 2.70 bits per heavy atom. The van der Waals surface area contributed by atoms with Crippen LogP contribution in [0.25, 0.3) is 0 Å². The minimum atomic E-state index is -0.183. The van der Waals surface area contributed by atoms with Gasteiger partial charge in [0.1, 0.15) is 5.75 Å². The van der Waals surface area contributed by atoms with Crippen molar-refractivity contribution in [2.75, 3.05) is 32.7 Å². The molecule has 5 nitrogen and oxygen atoms in total. The van der Waals surface area contributed by atoms with Crippen molar-refractivity contribution >= 4 is 17.5 Å². The third-order valence-electron chi connectivity index (χ3n) is 5.83. The first-order chi connectivity index (χ1) is 14.4. The number of benzene rings is 1. The highest BCUT2D eigenvalue weighted by Crippen LogP contribution is 2.34. The van der Waals surface area contributed by atoms with Crippen molar-refractivity contribution in [3.8, 4) is 17.6 Å². The van der Waals surface area contributed by atoms with Crippen LogP contribution in [0.2, 0.25) is 5.02 Å². The lowest BCUT2D eigenvalue weighted by Gasteiger charge is -2.49. The molecule has 0 aliphatic carbocycles. The van der Waals surface area contributed by atoms with E-state index in [-0.39, 0.29) is 23.7 Å². The van der Waals surface area contributed by atoms with E-state index < -0.39 is 0 Å². The van der Waals surface area contributed by atoms with Crippen molar-refractivity contribution in [3.63, 3.8) is 0 Å². The van der Waals surface area contributed by atoms with Crippen LogP contribution in [0.4, 0.5) is 0 Å². The van der Waals surface area contributed by atoms with Gasteiger partial charge in [-0.25, -0.2) is 0 Å². The first kappa shape index (κ1) is 22.9. The SMILES string of the molecule is CC#CCN1CC(CC)OC2(CCN(C(=O)c3ccc(OC(C)C)c(Cl)c3)CC2)C1. The Morgan fingerprint density at radius 1 is 1.37 bits per heavy atom. The van der Waals surface area contributed by atoms with Gasteiger partial charge in [0.2, 0.25) is 0 Å². The van der Waals surface area contributed by atoms with E-state index in [1.807, 2.05) is 25.7 Å². The van der Waals surface area contributed by atoms with E-state index in [1.54, 1.807) is 18.2 Å². The fraction of sp³-hybridized carbons (Fsp3) is 0.625. The van der Waals surface area contributed by atoms with Gasteiger partial charge in [0.05, 0.1) is 29.4 Å². The highest BCUT2D eigenvalue weighted by molar-refractivity contribution is 6.32. The summed E-state index contributed by atoms with van der Waals surface area (Å²) in [7, 11) is 0. The van der Waals surface area contributed by atoms with Gasteiger partial charge in [-0.05, 0) is 58.2 Å². The second kappa shape index (κ2) is 10.0. The fourth-order valence-corrected chi connectivity index (χ4v) is 4.50. The molecule has 2 aliphatic heterocycles. The molecule has 1 amide bonds. The van der Waals surface area contributed by atoms with Gasteiger partial charge in [-0.15, -0.1) is 5.92 Å². The van der Waals surface area contributed by atoms with Crippen molar-refractivity contribution in [1.29, 1.82) is 0 Å². The van der Waals surface area contributed by atoms with Crippen molar-refractivity contribution < 1.29 is 14.3 Å². The first-order valence-corrected chi connectivity index (χ1v) is 11.3. The number of likely N-dealkylation sites (tertiary alicyclic amines) is 1. The third kappa shape index (κ3) is 5.49. The summed E-state index contributed by atoms with van der Waals surface area (Å²) in [5.74, 6) is 6.80. The van der Waals surface area contributed by atoms with E-state index in [2.05, 4.69) is 23.7 Å². The normalized spacial score (nSPS) is 21.4. The monoisotopic (exact) mass is 432 g/mol. The lowest BCUT2D eigenvalue weighted by Crippen LogP contribution is -2.60. The molecule has 2 aliphatic rings. The summed E-state index contributed by atoms with van der Waals surface area (Å²) in [6.45, 7) is 11.9. The number of morpholine rings is 1. The zero-order valence-electron chi connectivity index (χ0n) is 18.5. The molecule has 1 unspecified atom stereocenters. The van der Waals surface area contributed by atoms with E-state index >= 15 is 0 Å². The number of carbonyl (C=O) groups excluding carboxylic acids is 1. The van der Waals surface area contributed by atoms with Gasteiger partial charge in [-0.1, -0.05) is 24.4 Å². The van der Waals surface area contributed by atoms with E-state index in [0.29, 0.717) is 29.4 Å². The largest absolute Gasteiger partial charge is 0.489 e. The Balaban J connectivity index is 1.64. The standard InChI is InChI=1S/C24H33ClN2O3/c1-5-7-12-26-16-20(6-2)30-24(17-26)10-13-27(14-11-24)23(28)19-8-9-22(21(25)15-19)29-18(3)4/h8-9,15,18,20H,6,10-14,16-17H2,1-4H3. The molecule has 3 rings (SSSR count). The van der Waals surface area contributed by atoms with Gasteiger partial charge in [0.25, 0.3) is 5.91 Å². The molecule has 0 radical (unpaired) electrons. The van der Waals surface area contributed by atoms with Crippen molar-refractivity contribution in [2.45, 2.75) is 64.8 Å². The third-order valence-corrected chi connectivity index (χ3v) is 6.12. The predicted molar refractivity (Wildman–Crippen MR) is 120 cm³/mol. The van der Waals surface area contributed by atoms with Crippen molar-refractivity contribution in [2.24, 2.45) is 0 Å². The average molecular weight is 433 g/mol. The van der Waals surface area contributed by atoms with Crippen LogP contribution in [0.5, 0.6) is 5.75 Å². The Morgan fingerprint density at radius 2 is 2.10 bits per heavy atom. The minimum Gasteiger partial charge on any atom is -0.489 e. The number of hydrogen-bond donors (Lipinski definition) is 0. The molecule has 0 bridgehead atoms. The number of carbonyl (C=O) groups is 1. The molecule has 1 atom stereocenters. The van der Waals surface area contributed by atoms with Gasteiger partial charge >= 0.3 is 0 Å². The van der Waals surface area contributed by atoms with Crippen molar-refractivity contribution in [3.05, 3.63) is 28.8 Å². The molecule has 30 heavy (non-hydrogen) atoms. The van der Waals surface area contributed by atoms with E-state index in [1.165, 1.54) is 0 Å². The van der Waals surface area contributed by atoms with Gasteiger partial charge in [-0.3, -0.25) is 9.69 Å². The molecule has 1 aromatic carbocycles. The highest BCUT2D eigenvalue weighted by Gasteiger charge is 2.43. The zero-order chi connectivity index (χ0) is 21.7.